The number of rotatable bonds is 7. The highest BCUT2D eigenvalue weighted by atomic mass is 35.5. The number of methoxy groups -OCH3 is 1. The minimum absolute atomic E-state index is 0.0113. The standard InChI is InChI=1S/C23H18ClFN2O4S/c1-30-17-10-6-15(7-11-17)14-26-22-23(32(28,29)18-12-8-16(24)9-13-18)27-21(31-22)19-4-2-3-5-20(19)25/h2-13,26H,14H2,1H3. The Balaban J connectivity index is 1.74. The van der Waals surface area contributed by atoms with Gasteiger partial charge in [0, 0.05) is 11.6 Å². The zero-order chi connectivity index (χ0) is 22.7. The van der Waals surface area contributed by atoms with Crippen molar-refractivity contribution in [3.8, 4) is 17.2 Å². The smallest absolute Gasteiger partial charge is 0.234 e. The van der Waals surface area contributed by atoms with Crippen molar-refractivity contribution in [3.05, 3.63) is 89.2 Å². The van der Waals surface area contributed by atoms with Crippen LogP contribution >= 0.6 is 11.6 Å². The summed E-state index contributed by atoms with van der Waals surface area (Å²) >= 11 is 5.89. The van der Waals surface area contributed by atoms with Gasteiger partial charge in [0.25, 0.3) is 0 Å². The van der Waals surface area contributed by atoms with Gasteiger partial charge in [0.05, 0.1) is 17.6 Å². The second-order valence-corrected chi connectivity index (χ2v) is 9.09. The Morgan fingerprint density at radius 2 is 1.72 bits per heavy atom. The van der Waals surface area contributed by atoms with E-state index in [2.05, 4.69) is 10.3 Å². The van der Waals surface area contributed by atoms with E-state index in [1.165, 1.54) is 42.5 Å². The predicted octanol–water partition coefficient (Wildman–Crippen LogP) is 5.59. The Hall–Kier alpha value is -3.36. The third kappa shape index (κ3) is 4.46. The molecule has 9 heteroatoms. The number of oxazole rings is 1. The van der Waals surface area contributed by atoms with Gasteiger partial charge < -0.3 is 14.5 Å². The summed E-state index contributed by atoms with van der Waals surface area (Å²) in [5.41, 5.74) is 0.905. The molecule has 0 fully saturated rings. The lowest BCUT2D eigenvalue weighted by atomic mass is 10.2. The number of sulfone groups is 1. The Labute approximate surface area is 189 Å². The number of aromatic nitrogens is 1. The Bertz CT molecular complexity index is 1340. The molecule has 3 aromatic carbocycles. The van der Waals surface area contributed by atoms with Gasteiger partial charge in [0.2, 0.25) is 26.6 Å². The van der Waals surface area contributed by atoms with E-state index in [4.69, 9.17) is 20.8 Å². The molecular weight excluding hydrogens is 455 g/mol. The van der Waals surface area contributed by atoms with Gasteiger partial charge in [-0.05, 0) is 54.1 Å². The highest BCUT2D eigenvalue weighted by Crippen LogP contribution is 2.34. The molecule has 1 heterocycles. The maximum atomic E-state index is 14.3. The topological polar surface area (TPSA) is 81.4 Å². The number of nitrogens with one attached hydrogen (secondary N) is 1. The summed E-state index contributed by atoms with van der Waals surface area (Å²) in [5, 5.41) is 3.02. The van der Waals surface area contributed by atoms with Crippen LogP contribution in [0.4, 0.5) is 10.3 Å². The molecule has 1 aromatic heterocycles. The Kier molecular flexibility index (Phi) is 6.16. The fourth-order valence-electron chi connectivity index (χ4n) is 3.00. The summed E-state index contributed by atoms with van der Waals surface area (Å²) < 4.78 is 51.7. The first-order valence-electron chi connectivity index (χ1n) is 9.51. The number of hydrogen-bond acceptors (Lipinski definition) is 6. The zero-order valence-corrected chi connectivity index (χ0v) is 18.5. The van der Waals surface area contributed by atoms with Crippen LogP contribution in [-0.2, 0) is 16.4 Å². The van der Waals surface area contributed by atoms with E-state index >= 15 is 0 Å². The molecule has 0 bridgehead atoms. The highest BCUT2D eigenvalue weighted by molar-refractivity contribution is 7.91. The van der Waals surface area contributed by atoms with Crippen LogP contribution in [0.1, 0.15) is 5.56 Å². The van der Waals surface area contributed by atoms with Crippen LogP contribution in [0, 0.1) is 5.82 Å². The lowest BCUT2D eigenvalue weighted by Crippen LogP contribution is -2.07. The van der Waals surface area contributed by atoms with E-state index in [9.17, 15) is 12.8 Å². The summed E-state index contributed by atoms with van der Waals surface area (Å²) in [7, 11) is -2.50. The van der Waals surface area contributed by atoms with Gasteiger partial charge in [-0.1, -0.05) is 35.9 Å². The number of nitrogens with zero attached hydrogens (tertiary/aromatic N) is 1. The van der Waals surface area contributed by atoms with E-state index in [1.807, 2.05) is 12.1 Å². The molecule has 0 saturated heterocycles. The third-order valence-corrected chi connectivity index (χ3v) is 6.62. The van der Waals surface area contributed by atoms with Gasteiger partial charge in [-0.3, -0.25) is 0 Å². The quantitative estimate of drug-likeness (QED) is 0.377. The van der Waals surface area contributed by atoms with Crippen molar-refractivity contribution < 1.29 is 22.0 Å². The summed E-state index contributed by atoms with van der Waals surface area (Å²) in [6, 6.07) is 18.8. The Morgan fingerprint density at radius 3 is 2.38 bits per heavy atom. The zero-order valence-electron chi connectivity index (χ0n) is 16.9. The van der Waals surface area contributed by atoms with Crippen LogP contribution in [0.25, 0.3) is 11.5 Å². The Morgan fingerprint density at radius 1 is 1.03 bits per heavy atom. The maximum Gasteiger partial charge on any atom is 0.234 e. The van der Waals surface area contributed by atoms with Crippen LogP contribution in [-0.4, -0.2) is 20.5 Å². The molecule has 4 rings (SSSR count). The molecular formula is C23H18ClFN2O4S. The minimum Gasteiger partial charge on any atom is -0.497 e. The largest absolute Gasteiger partial charge is 0.497 e. The van der Waals surface area contributed by atoms with Gasteiger partial charge in [-0.25, -0.2) is 12.8 Å². The van der Waals surface area contributed by atoms with Crippen LogP contribution in [0.2, 0.25) is 5.02 Å². The molecule has 164 valence electrons. The van der Waals surface area contributed by atoms with Crippen molar-refractivity contribution in [1.29, 1.82) is 0 Å². The van der Waals surface area contributed by atoms with E-state index < -0.39 is 15.7 Å². The third-order valence-electron chi connectivity index (χ3n) is 4.69. The molecule has 0 aliphatic heterocycles. The normalized spacial score (nSPS) is 11.3. The van der Waals surface area contributed by atoms with E-state index in [0.717, 1.165) is 5.56 Å². The molecule has 0 atom stereocenters. The first-order valence-corrected chi connectivity index (χ1v) is 11.4. The summed E-state index contributed by atoms with van der Waals surface area (Å²) in [5.74, 6) is -0.117. The molecule has 0 amide bonds. The summed E-state index contributed by atoms with van der Waals surface area (Å²) in [6.07, 6.45) is 0. The first kappa shape index (κ1) is 21.9. The predicted molar refractivity (Wildman–Crippen MR) is 119 cm³/mol. The SMILES string of the molecule is COc1ccc(CNc2oc(-c3ccccc3F)nc2S(=O)(=O)c2ccc(Cl)cc2)cc1. The number of ether oxygens (including phenoxy) is 1. The van der Waals surface area contributed by atoms with Gasteiger partial charge in [-0.2, -0.15) is 4.98 Å². The van der Waals surface area contributed by atoms with E-state index in [0.29, 0.717) is 10.8 Å². The molecule has 0 unspecified atom stereocenters. The summed E-state index contributed by atoms with van der Waals surface area (Å²) in [4.78, 5) is 4.13. The van der Waals surface area contributed by atoms with Crippen molar-refractivity contribution in [2.75, 3.05) is 12.4 Å². The van der Waals surface area contributed by atoms with Gasteiger partial charge in [0.1, 0.15) is 11.6 Å². The van der Waals surface area contributed by atoms with Crippen molar-refractivity contribution in [3.63, 3.8) is 0 Å². The number of hydrogen-bond donors (Lipinski definition) is 1. The first-order chi connectivity index (χ1) is 15.4. The van der Waals surface area contributed by atoms with Gasteiger partial charge in [0.15, 0.2) is 0 Å². The molecule has 6 nitrogen and oxygen atoms in total. The lowest BCUT2D eigenvalue weighted by molar-refractivity contribution is 0.414. The fraction of sp³-hybridized carbons (Fsp3) is 0.0870. The average Bonchev–Trinajstić information content (AvgIpc) is 3.23. The molecule has 0 aliphatic carbocycles. The lowest BCUT2D eigenvalue weighted by Gasteiger charge is -2.07. The van der Waals surface area contributed by atoms with E-state index in [1.54, 1.807) is 25.3 Å². The number of halogens is 2. The van der Waals surface area contributed by atoms with Gasteiger partial charge >= 0.3 is 0 Å². The fourth-order valence-corrected chi connectivity index (χ4v) is 4.41. The average molecular weight is 473 g/mol. The summed E-state index contributed by atoms with van der Waals surface area (Å²) in [6.45, 7) is 0.249. The van der Waals surface area contributed by atoms with Crippen molar-refractivity contribution >= 4 is 27.3 Å². The van der Waals surface area contributed by atoms with E-state index in [-0.39, 0.29) is 33.8 Å². The van der Waals surface area contributed by atoms with Gasteiger partial charge in [-0.15, -0.1) is 0 Å². The van der Waals surface area contributed by atoms with Crippen molar-refractivity contribution in [1.82, 2.24) is 4.98 Å². The second kappa shape index (κ2) is 9.02. The van der Waals surface area contributed by atoms with Crippen LogP contribution in [0.15, 0.2) is 87.1 Å². The molecule has 0 radical (unpaired) electrons. The van der Waals surface area contributed by atoms with Crippen molar-refractivity contribution in [2.24, 2.45) is 0 Å². The molecule has 0 aliphatic rings. The monoisotopic (exact) mass is 472 g/mol. The molecule has 4 aromatic rings. The van der Waals surface area contributed by atoms with Crippen LogP contribution in [0.3, 0.4) is 0 Å². The molecule has 0 spiro atoms. The highest BCUT2D eigenvalue weighted by Gasteiger charge is 2.29. The maximum absolute atomic E-state index is 14.3. The molecule has 0 saturated carbocycles. The van der Waals surface area contributed by atoms with Crippen LogP contribution < -0.4 is 10.1 Å². The molecule has 1 N–H and O–H groups in total. The second-order valence-electron chi connectivity index (χ2n) is 6.79. The van der Waals surface area contributed by atoms with Crippen LogP contribution in [0.5, 0.6) is 5.75 Å². The number of anilines is 1. The van der Waals surface area contributed by atoms with Crippen molar-refractivity contribution in [2.45, 2.75) is 16.5 Å². The number of benzene rings is 3. The minimum atomic E-state index is -4.07. The molecule has 32 heavy (non-hydrogen) atoms.